The second-order valence-corrected chi connectivity index (χ2v) is 3.30. The van der Waals surface area contributed by atoms with E-state index in [0.717, 1.165) is 0 Å². The van der Waals surface area contributed by atoms with E-state index < -0.39 is 6.03 Å². The maximum absolute atomic E-state index is 11.0. The van der Waals surface area contributed by atoms with Crippen LogP contribution in [-0.4, -0.2) is 42.8 Å². The van der Waals surface area contributed by atoms with E-state index in [2.05, 4.69) is 5.32 Å². The molecule has 0 aromatic rings. The summed E-state index contributed by atoms with van der Waals surface area (Å²) in [7, 11) is 0. The molecule has 0 aromatic heterocycles. The zero-order valence-electron chi connectivity index (χ0n) is 8.16. The van der Waals surface area contributed by atoms with Crippen molar-refractivity contribution in [2.45, 2.75) is 19.4 Å². The van der Waals surface area contributed by atoms with E-state index in [1.54, 1.807) is 4.90 Å². The van der Waals surface area contributed by atoms with Gasteiger partial charge in [-0.15, -0.1) is 0 Å². The standard InChI is InChI=1S/C8H15N3O3/c1-6(10-7(9)12)2-3-11-4-5-14-8(11)13/h6H,2-5H2,1H3,(H3,9,10,12). The van der Waals surface area contributed by atoms with Crippen LogP contribution in [0.5, 0.6) is 0 Å². The van der Waals surface area contributed by atoms with Gasteiger partial charge in [-0.2, -0.15) is 0 Å². The molecule has 1 unspecified atom stereocenters. The van der Waals surface area contributed by atoms with Crippen molar-refractivity contribution < 1.29 is 14.3 Å². The van der Waals surface area contributed by atoms with E-state index in [1.165, 1.54) is 0 Å². The number of carbonyl (C=O) groups excluding carboxylic acids is 2. The van der Waals surface area contributed by atoms with Crippen LogP contribution in [0.15, 0.2) is 0 Å². The van der Waals surface area contributed by atoms with E-state index >= 15 is 0 Å². The van der Waals surface area contributed by atoms with Crippen molar-refractivity contribution in [1.82, 2.24) is 10.2 Å². The number of nitrogens with one attached hydrogen (secondary N) is 1. The van der Waals surface area contributed by atoms with Crippen LogP contribution in [-0.2, 0) is 4.74 Å². The molecule has 0 aromatic carbocycles. The molecule has 80 valence electrons. The Balaban J connectivity index is 2.19. The number of nitrogens with zero attached hydrogens (tertiary/aromatic N) is 1. The molecule has 1 saturated heterocycles. The number of rotatable bonds is 4. The van der Waals surface area contributed by atoms with Crippen LogP contribution in [0.25, 0.3) is 0 Å². The van der Waals surface area contributed by atoms with Gasteiger partial charge in [0.05, 0.1) is 6.54 Å². The first-order valence-corrected chi connectivity index (χ1v) is 4.57. The highest BCUT2D eigenvalue weighted by Crippen LogP contribution is 2.04. The number of hydrogen-bond acceptors (Lipinski definition) is 3. The molecule has 0 bridgehead atoms. The molecular weight excluding hydrogens is 186 g/mol. The quantitative estimate of drug-likeness (QED) is 0.665. The Kier molecular flexibility index (Phi) is 3.55. The number of cyclic esters (lactones) is 1. The van der Waals surface area contributed by atoms with Crippen molar-refractivity contribution in [2.24, 2.45) is 5.73 Å². The number of primary amides is 1. The minimum Gasteiger partial charge on any atom is -0.448 e. The van der Waals surface area contributed by atoms with Crippen molar-refractivity contribution in [3.05, 3.63) is 0 Å². The van der Waals surface area contributed by atoms with Crippen molar-refractivity contribution in [3.63, 3.8) is 0 Å². The molecule has 0 aliphatic carbocycles. The van der Waals surface area contributed by atoms with Gasteiger partial charge in [0.25, 0.3) is 0 Å². The van der Waals surface area contributed by atoms with E-state index in [1.807, 2.05) is 6.92 Å². The highest BCUT2D eigenvalue weighted by molar-refractivity contribution is 5.72. The summed E-state index contributed by atoms with van der Waals surface area (Å²) in [5.41, 5.74) is 4.95. The minimum absolute atomic E-state index is 0.0269. The molecule has 1 rings (SSSR count). The monoisotopic (exact) mass is 201 g/mol. The molecule has 1 atom stereocenters. The third-order valence-electron chi connectivity index (χ3n) is 2.07. The summed E-state index contributed by atoms with van der Waals surface area (Å²) in [6.07, 6.45) is 0.397. The largest absolute Gasteiger partial charge is 0.448 e. The average molecular weight is 201 g/mol. The van der Waals surface area contributed by atoms with Crippen LogP contribution in [0, 0.1) is 0 Å². The third kappa shape index (κ3) is 3.12. The zero-order chi connectivity index (χ0) is 10.6. The van der Waals surface area contributed by atoms with Crippen LogP contribution < -0.4 is 11.1 Å². The Morgan fingerprint density at radius 3 is 3.00 bits per heavy atom. The summed E-state index contributed by atoms with van der Waals surface area (Å²) in [6, 6.07) is -0.567. The second-order valence-electron chi connectivity index (χ2n) is 3.30. The van der Waals surface area contributed by atoms with Crippen LogP contribution in [0.4, 0.5) is 9.59 Å². The van der Waals surface area contributed by atoms with Gasteiger partial charge < -0.3 is 20.7 Å². The fraction of sp³-hybridized carbons (Fsp3) is 0.750. The Bertz CT molecular complexity index is 232. The van der Waals surface area contributed by atoms with Crippen molar-refractivity contribution >= 4 is 12.1 Å². The molecule has 0 saturated carbocycles. The molecule has 1 aliphatic rings. The molecule has 1 fully saturated rings. The number of urea groups is 1. The van der Waals surface area contributed by atoms with E-state index in [9.17, 15) is 9.59 Å². The van der Waals surface area contributed by atoms with E-state index in [-0.39, 0.29) is 12.1 Å². The number of nitrogens with two attached hydrogens (primary N) is 1. The molecule has 1 aliphatic heterocycles. The van der Waals surface area contributed by atoms with Crippen molar-refractivity contribution in [3.8, 4) is 0 Å². The maximum Gasteiger partial charge on any atom is 0.409 e. The normalized spacial score (nSPS) is 17.8. The predicted octanol–water partition coefficient (Wildman–Crippen LogP) is -0.115. The lowest BCUT2D eigenvalue weighted by molar-refractivity contribution is 0.157. The maximum atomic E-state index is 11.0. The average Bonchev–Trinajstić information content (AvgIpc) is 2.46. The molecular formula is C8H15N3O3. The summed E-state index contributed by atoms with van der Waals surface area (Å²) >= 11 is 0. The van der Waals surface area contributed by atoms with Gasteiger partial charge in [0.15, 0.2) is 0 Å². The fourth-order valence-electron chi connectivity index (χ4n) is 1.29. The molecule has 6 nitrogen and oxygen atoms in total. The molecule has 0 radical (unpaired) electrons. The van der Waals surface area contributed by atoms with Gasteiger partial charge in [-0.3, -0.25) is 0 Å². The van der Waals surface area contributed by atoms with Crippen LogP contribution in [0.1, 0.15) is 13.3 Å². The Labute approximate surface area is 82.4 Å². The Hall–Kier alpha value is -1.46. The molecule has 0 spiro atoms. The zero-order valence-corrected chi connectivity index (χ0v) is 8.16. The lowest BCUT2D eigenvalue weighted by Gasteiger charge is -2.16. The van der Waals surface area contributed by atoms with Crippen LogP contribution in [0.3, 0.4) is 0 Å². The first-order chi connectivity index (χ1) is 6.59. The summed E-state index contributed by atoms with van der Waals surface area (Å²) in [5, 5.41) is 2.54. The van der Waals surface area contributed by atoms with Gasteiger partial charge in [0.2, 0.25) is 0 Å². The summed E-state index contributed by atoms with van der Waals surface area (Å²) in [6.45, 7) is 3.50. The molecule has 14 heavy (non-hydrogen) atoms. The van der Waals surface area contributed by atoms with E-state index in [4.69, 9.17) is 10.5 Å². The Morgan fingerprint density at radius 2 is 2.50 bits per heavy atom. The van der Waals surface area contributed by atoms with Crippen molar-refractivity contribution in [1.29, 1.82) is 0 Å². The first kappa shape index (κ1) is 10.6. The summed E-state index contributed by atoms with van der Waals surface area (Å²) in [5.74, 6) is 0. The van der Waals surface area contributed by atoms with Crippen LogP contribution in [0.2, 0.25) is 0 Å². The van der Waals surface area contributed by atoms with Gasteiger partial charge in [0.1, 0.15) is 6.61 Å². The molecule has 3 amide bonds. The fourth-order valence-corrected chi connectivity index (χ4v) is 1.29. The first-order valence-electron chi connectivity index (χ1n) is 4.57. The Morgan fingerprint density at radius 1 is 1.79 bits per heavy atom. The highest BCUT2D eigenvalue weighted by atomic mass is 16.6. The predicted molar refractivity (Wildman–Crippen MR) is 49.7 cm³/mol. The topological polar surface area (TPSA) is 84.7 Å². The van der Waals surface area contributed by atoms with Crippen LogP contribution >= 0.6 is 0 Å². The molecule has 6 heteroatoms. The third-order valence-corrected chi connectivity index (χ3v) is 2.07. The summed E-state index contributed by atoms with van der Waals surface area (Å²) in [4.78, 5) is 23.1. The van der Waals surface area contributed by atoms with Gasteiger partial charge in [-0.1, -0.05) is 0 Å². The SMILES string of the molecule is CC(CCN1CCOC1=O)NC(N)=O. The summed E-state index contributed by atoms with van der Waals surface area (Å²) < 4.78 is 4.75. The smallest absolute Gasteiger partial charge is 0.409 e. The van der Waals surface area contributed by atoms with Gasteiger partial charge >= 0.3 is 12.1 Å². The lowest BCUT2D eigenvalue weighted by atomic mass is 10.2. The highest BCUT2D eigenvalue weighted by Gasteiger charge is 2.21. The number of amides is 3. The molecule has 1 heterocycles. The van der Waals surface area contributed by atoms with E-state index in [0.29, 0.717) is 26.1 Å². The number of carbonyl (C=O) groups is 2. The lowest BCUT2D eigenvalue weighted by Crippen LogP contribution is -2.39. The van der Waals surface area contributed by atoms with Gasteiger partial charge in [-0.25, -0.2) is 9.59 Å². The van der Waals surface area contributed by atoms with Gasteiger partial charge in [0, 0.05) is 12.6 Å². The van der Waals surface area contributed by atoms with Gasteiger partial charge in [-0.05, 0) is 13.3 Å². The second kappa shape index (κ2) is 4.69. The van der Waals surface area contributed by atoms with Crippen molar-refractivity contribution in [2.75, 3.05) is 19.7 Å². The number of ether oxygens (including phenoxy) is 1. The molecule has 3 N–H and O–H groups in total. The minimum atomic E-state index is -0.540. The number of hydrogen-bond donors (Lipinski definition) is 2.